The summed E-state index contributed by atoms with van der Waals surface area (Å²) in [7, 11) is 0. The highest BCUT2D eigenvalue weighted by Crippen LogP contribution is 2.28. The van der Waals surface area contributed by atoms with Gasteiger partial charge in [0.2, 0.25) is 0 Å². The van der Waals surface area contributed by atoms with Crippen LogP contribution in [0.3, 0.4) is 0 Å². The molecule has 1 fully saturated rings. The second kappa shape index (κ2) is 5.80. The van der Waals surface area contributed by atoms with E-state index in [0.717, 1.165) is 25.7 Å². The molecule has 1 aromatic heterocycles. The lowest BCUT2D eigenvalue weighted by Gasteiger charge is -2.19. The smallest absolute Gasteiger partial charge is 0.0495 e. The molecule has 0 aliphatic carbocycles. The number of nitrogens with one attached hydrogen (secondary N) is 1. The monoisotopic (exact) mass is 239 g/mol. The SMILES string of the molecule is CCNC(CC1CCOC1)c1csc(C)c1. The molecule has 1 N–H and O–H groups in total. The van der Waals surface area contributed by atoms with Gasteiger partial charge in [-0.25, -0.2) is 0 Å². The van der Waals surface area contributed by atoms with Crippen molar-refractivity contribution in [3.05, 3.63) is 21.9 Å². The molecule has 1 saturated heterocycles. The number of hydrogen-bond acceptors (Lipinski definition) is 3. The van der Waals surface area contributed by atoms with Gasteiger partial charge in [0.15, 0.2) is 0 Å². The number of rotatable bonds is 5. The van der Waals surface area contributed by atoms with Crippen molar-refractivity contribution < 1.29 is 4.74 Å². The summed E-state index contributed by atoms with van der Waals surface area (Å²) in [5, 5.41) is 5.88. The third-order valence-corrected chi connectivity index (χ3v) is 4.08. The van der Waals surface area contributed by atoms with E-state index in [-0.39, 0.29) is 0 Å². The predicted octanol–water partition coefficient (Wildman–Crippen LogP) is 3.13. The fourth-order valence-corrected chi connectivity index (χ4v) is 3.09. The second-order valence-electron chi connectivity index (χ2n) is 4.57. The van der Waals surface area contributed by atoms with Gasteiger partial charge in [0, 0.05) is 24.1 Å². The van der Waals surface area contributed by atoms with Crippen LogP contribution < -0.4 is 5.32 Å². The predicted molar refractivity (Wildman–Crippen MR) is 69.0 cm³/mol. The summed E-state index contributed by atoms with van der Waals surface area (Å²) < 4.78 is 5.45. The molecule has 16 heavy (non-hydrogen) atoms. The summed E-state index contributed by atoms with van der Waals surface area (Å²) >= 11 is 1.85. The maximum Gasteiger partial charge on any atom is 0.0495 e. The Morgan fingerprint density at radius 1 is 1.62 bits per heavy atom. The first kappa shape index (κ1) is 12.1. The quantitative estimate of drug-likeness (QED) is 0.852. The van der Waals surface area contributed by atoms with Crippen LogP contribution in [0.4, 0.5) is 0 Å². The molecule has 2 unspecified atom stereocenters. The molecule has 0 bridgehead atoms. The lowest BCUT2D eigenvalue weighted by atomic mass is 9.95. The molecule has 2 nitrogen and oxygen atoms in total. The molecule has 1 aromatic rings. The van der Waals surface area contributed by atoms with Gasteiger partial charge in [0.1, 0.15) is 0 Å². The molecule has 1 aliphatic heterocycles. The van der Waals surface area contributed by atoms with Gasteiger partial charge >= 0.3 is 0 Å². The van der Waals surface area contributed by atoms with E-state index in [2.05, 4.69) is 30.6 Å². The molecule has 90 valence electrons. The van der Waals surface area contributed by atoms with Crippen LogP contribution in [0.2, 0.25) is 0 Å². The summed E-state index contributed by atoms with van der Waals surface area (Å²) in [6, 6.07) is 2.83. The van der Waals surface area contributed by atoms with Crippen LogP contribution >= 0.6 is 11.3 Å². The molecule has 0 spiro atoms. The number of hydrogen-bond donors (Lipinski definition) is 1. The molecule has 3 heteroatoms. The van der Waals surface area contributed by atoms with Gasteiger partial charge in [-0.1, -0.05) is 6.92 Å². The minimum Gasteiger partial charge on any atom is -0.381 e. The average Bonchev–Trinajstić information content (AvgIpc) is 2.88. The van der Waals surface area contributed by atoms with Crippen LogP contribution in [0.1, 0.15) is 36.2 Å². The van der Waals surface area contributed by atoms with Gasteiger partial charge in [-0.15, -0.1) is 11.3 Å². The van der Waals surface area contributed by atoms with Crippen LogP contribution in [0.5, 0.6) is 0 Å². The number of aryl methyl sites for hydroxylation is 1. The van der Waals surface area contributed by atoms with E-state index in [4.69, 9.17) is 4.74 Å². The first-order valence-electron chi connectivity index (χ1n) is 6.15. The van der Waals surface area contributed by atoms with Crippen molar-refractivity contribution in [2.75, 3.05) is 19.8 Å². The summed E-state index contributed by atoms with van der Waals surface area (Å²) in [6.07, 6.45) is 2.44. The van der Waals surface area contributed by atoms with Crippen LogP contribution in [-0.2, 0) is 4.74 Å². The largest absolute Gasteiger partial charge is 0.381 e. The Morgan fingerprint density at radius 3 is 3.06 bits per heavy atom. The Kier molecular flexibility index (Phi) is 4.38. The minimum atomic E-state index is 0.515. The Balaban J connectivity index is 1.98. The molecular weight excluding hydrogens is 218 g/mol. The van der Waals surface area contributed by atoms with Crippen LogP contribution in [-0.4, -0.2) is 19.8 Å². The molecule has 1 aliphatic rings. The van der Waals surface area contributed by atoms with Crippen molar-refractivity contribution in [3.63, 3.8) is 0 Å². The van der Waals surface area contributed by atoms with Crippen molar-refractivity contribution in [3.8, 4) is 0 Å². The zero-order valence-corrected chi connectivity index (χ0v) is 11.0. The van der Waals surface area contributed by atoms with E-state index in [9.17, 15) is 0 Å². The van der Waals surface area contributed by atoms with Gasteiger partial charge < -0.3 is 10.1 Å². The average molecular weight is 239 g/mol. The first-order valence-corrected chi connectivity index (χ1v) is 7.03. The topological polar surface area (TPSA) is 21.3 Å². The number of ether oxygens (including phenoxy) is 1. The molecule has 0 radical (unpaired) electrons. The molecule has 0 aromatic carbocycles. The van der Waals surface area contributed by atoms with Gasteiger partial charge in [0.25, 0.3) is 0 Å². The molecular formula is C13H21NOS. The van der Waals surface area contributed by atoms with Crippen molar-refractivity contribution in [2.45, 2.75) is 32.7 Å². The third kappa shape index (κ3) is 3.06. The minimum absolute atomic E-state index is 0.515. The Labute approximate surface area is 102 Å². The van der Waals surface area contributed by atoms with Crippen molar-refractivity contribution in [1.29, 1.82) is 0 Å². The summed E-state index contributed by atoms with van der Waals surface area (Å²) in [4.78, 5) is 1.40. The van der Waals surface area contributed by atoms with Crippen LogP contribution in [0.25, 0.3) is 0 Å². The maximum atomic E-state index is 5.45. The van der Waals surface area contributed by atoms with E-state index in [1.54, 1.807) is 0 Å². The highest BCUT2D eigenvalue weighted by molar-refractivity contribution is 7.10. The molecule has 0 saturated carbocycles. The molecule has 0 amide bonds. The van der Waals surface area contributed by atoms with E-state index < -0.39 is 0 Å². The van der Waals surface area contributed by atoms with Crippen LogP contribution in [0.15, 0.2) is 11.4 Å². The van der Waals surface area contributed by atoms with Crippen molar-refractivity contribution >= 4 is 11.3 Å². The van der Waals surface area contributed by atoms with E-state index >= 15 is 0 Å². The summed E-state index contributed by atoms with van der Waals surface area (Å²) in [5.74, 6) is 0.740. The van der Waals surface area contributed by atoms with Crippen molar-refractivity contribution in [2.24, 2.45) is 5.92 Å². The number of thiophene rings is 1. The fraction of sp³-hybridized carbons (Fsp3) is 0.692. The fourth-order valence-electron chi connectivity index (χ4n) is 2.33. The van der Waals surface area contributed by atoms with Gasteiger partial charge in [-0.3, -0.25) is 0 Å². The van der Waals surface area contributed by atoms with E-state index in [1.165, 1.54) is 23.3 Å². The van der Waals surface area contributed by atoms with Crippen molar-refractivity contribution in [1.82, 2.24) is 5.32 Å². The lowest BCUT2D eigenvalue weighted by molar-refractivity contribution is 0.181. The zero-order valence-electron chi connectivity index (χ0n) is 10.2. The normalized spacial score (nSPS) is 22.5. The van der Waals surface area contributed by atoms with E-state index in [0.29, 0.717) is 6.04 Å². The molecule has 2 atom stereocenters. The van der Waals surface area contributed by atoms with E-state index in [1.807, 2.05) is 11.3 Å². The Bertz CT molecular complexity index is 317. The maximum absolute atomic E-state index is 5.45. The summed E-state index contributed by atoms with van der Waals surface area (Å²) in [5.41, 5.74) is 1.45. The highest BCUT2D eigenvalue weighted by atomic mass is 32.1. The Hall–Kier alpha value is -0.380. The highest BCUT2D eigenvalue weighted by Gasteiger charge is 2.21. The second-order valence-corrected chi connectivity index (χ2v) is 5.68. The summed E-state index contributed by atoms with van der Waals surface area (Å²) in [6.45, 7) is 7.29. The van der Waals surface area contributed by atoms with Gasteiger partial charge in [-0.05, 0) is 49.2 Å². The molecule has 2 heterocycles. The third-order valence-electron chi connectivity index (χ3n) is 3.20. The zero-order chi connectivity index (χ0) is 11.4. The standard InChI is InChI=1S/C13H21NOS/c1-3-14-13(7-11-4-5-15-8-11)12-6-10(2)16-9-12/h6,9,11,13-14H,3-5,7-8H2,1-2H3. The van der Waals surface area contributed by atoms with Gasteiger partial charge in [-0.2, -0.15) is 0 Å². The van der Waals surface area contributed by atoms with Crippen LogP contribution in [0, 0.1) is 12.8 Å². The lowest BCUT2D eigenvalue weighted by Crippen LogP contribution is -2.23. The van der Waals surface area contributed by atoms with Gasteiger partial charge in [0.05, 0.1) is 0 Å². The first-order chi connectivity index (χ1) is 7.79. The Morgan fingerprint density at radius 2 is 2.50 bits per heavy atom. The molecule has 2 rings (SSSR count).